The van der Waals surface area contributed by atoms with Crippen LogP contribution in [0.15, 0.2) is 28.1 Å². The molecule has 3 atom stereocenters. The van der Waals surface area contributed by atoms with Crippen molar-refractivity contribution in [2.45, 2.75) is 88.6 Å². The molecule has 2 fully saturated rings. The number of hydrogen-bond acceptors (Lipinski definition) is 5. The van der Waals surface area contributed by atoms with Crippen LogP contribution in [0.2, 0.25) is 0 Å². The van der Waals surface area contributed by atoms with Crippen molar-refractivity contribution in [3.05, 3.63) is 34.2 Å². The molecule has 4 N–H and O–H groups in total. The predicted octanol–water partition coefficient (Wildman–Crippen LogP) is 2.94. The van der Waals surface area contributed by atoms with Gasteiger partial charge in [-0.2, -0.15) is 0 Å². The lowest BCUT2D eigenvalue weighted by Gasteiger charge is -2.35. The van der Waals surface area contributed by atoms with Crippen LogP contribution >= 0.6 is 0 Å². The van der Waals surface area contributed by atoms with E-state index in [1.54, 1.807) is 13.1 Å². The molecule has 0 bridgehead atoms. The molecule has 0 aromatic carbocycles. The van der Waals surface area contributed by atoms with Crippen LogP contribution in [0.3, 0.4) is 0 Å². The lowest BCUT2D eigenvalue weighted by atomic mass is 9.74. The van der Waals surface area contributed by atoms with Crippen molar-refractivity contribution in [2.75, 3.05) is 7.05 Å². The molecule has 2 saturated carbocycles. The Morgan fingerprint density at radius 2 is 1.91 bits per heavy atom. The first-order chi connectivity index (χ1) is 15.9. The number of likely N-dealkylation sites (N-methyl/N-ethyl adjacent to an activating group) is 1. The lowest BCUT2D eigenvalue weighted by molar-refractivity contribution is -0.131. The highest BCUT2D eigenvalue weighted by Gasteiger charge is 2.48. The molecule has 1 aromatic heterocycles. The van der Waals surface area contributed by atoms with E-state index in [0.29, 0.717) is 29.8 Å². The predicted molar refractivity (Wildman–Crippen MR) is 128 cm³/mol. The van der Waals surface area contributed by atoms with Gasteiger partial charge in [-0.3, -0.25) is 19.3 Å². The number of carbonyl (C=O) groups excluding carboxylic acids is 2. The maximum Gasteiger partial charge on any atom is 0.257 e. The molecule has 0 unspecified atom stereocenters. The third-order valence-electron chi connectivity index (χ3n) is 7.86. The number of aromatic nitrogens is 1. The number of nitrogens with one attached hydrogen (secondary N) is 2. The van der Waals surface area contributed by atoms with Crippen LogP contribution in [0.5, 0.6) is 0 Å². The Hall–Kier alpha value is -2.64. The standard InChI is InChI=1S/C25H37N5O3/c1-30-23(33)25(29-24(30)26,13-12-17-6-3-2-4-7-17)15-18-8-5-9-20(14-18)28-22(32)19-10-11-21(31)27-16-19/h10-11,16-18,20H,2-9,12-15H2,1H3,(H2,26,29)(H,27,31)(H,28,32)/t18-,20+,25+/m0/s1. The molecule has 33 heavy (non-hydrogen) atoms. The Morgan fingerprint density at radius 3 is 2.58 bits per heavy atom. The quantitative estimate of drug-likeness (QED) is 0.585. The highest BCUT2D eigenvalue weighted by atomic mass is 16.2. The number of pyridine rings is 1. The summed E-state index contributed by atoms with van der Waals surface area (Å²) in [4.78, 5) is 46.0. The van der Waals surface area contributed by atoms with Gasteiger partial charge in [0.15, 0.2) is 5.96 Å². The van der Waals surface area contributed by atoms with Gasteiger partial charge in [-0.25, -0.2) is 4.99 Å². The van der Waals surface area contributed by atoms with Crippen LogP contribution in [0.1, 0.15) is 87.4 Å². The largest absolute Gasteiger partial charge is 0.369 e. The van der Waals surface area contributed by atoms with E-state index < -0.39 is 5.54 Å². The minimum Gasteiger partial charge on any atom is -0.369 e. The van der Waals surface area contributed by atoms with Crippen molar-refractivity contribution in [3.63, 3.8) is 0 Å². The van der Waals surface area contributed by atoms with Crippen molar-refractivity contribution in [3.8, 4) is 0 Å². The second-order valence-electron chi connectivity index (χ2n) is 10.3. The number of carbonyl (C=O) groups is 2. The van der Waals surface area contributed by atoms with Crippen LogP contribution in [0, 0.1) is 11.8 Å². The number of aromatic amines is 1. The van der Waals surface area contributed by atoms with Gasteiger partial charge in [0, 0.05) is 25.4 Å². The number of aliphatic imine (C=N–C) groups is 1. The van der Waals surface area contributed by atoms with Gasteiger partial charge in [-0.1, -0.05) is 44.9 Å². The monoisotopic (exact) mass is 455 g/mol. The maximum absolute atomic E-state index is 13.3. The van der Waals surface area contributed by atoms with Crippen molar-refractivity contribution in [2.24, 2.45) is 22.6 Å². The molecular weight excluding hydrogens is 418 g/mol. The molecule has 0 saturated heterocycles. The summed E-state index contributed by atoms with van der Waals surface area (Å²) >= 11 is 0. The van der Waals surface area contributed by atoms with E-state index in [9.17, 15) is 14.4 Å². The van der Waals surface area contributed by atoms with Crippen LogP contribution in [0.4, 0.5) is 0 Å². The van der Waals surface area contributed by atoms with E-state index in [4.69, 9.17) is 10.7 Å². The summed E-state index contributed by atoms with van der Waals surface area (Å²) in [5.41, 5.74) is 5.56. The molecule has 2 amide bonds. The Balaban J connectivity index is 1.41. The van der Waals surface area contributed by atoms with E-state index >= 15 is 0 Å². The first-order valence-electron chi connectivity index (χ1n) is 12.5. The van der Waals surface area contributed by atoms with Crippen molar-refractivity contribution < 1.29 is 9.59 Å². The Labute approximate surface area is 195 Å². The molecule has 4 rings (SSSR count). The molecule has 1 aliphatic heterocycles. The molecule has 1 aromatic rings. The summed E-state index contributed by atoms with van der Waals surface area (Å²) in [7, 11) is 1.72. The highest BCUT2D eigenvalue weighted by molar-refractivity contribution is 6.06. The van der Waals surface area contributed by atoms with Crippen molar-refractivity contribution in [1.29, 1.82) is 0 Å². The van der Waals surface area contributed by atoms with Gasteiger partial charge in [-0.15, -0.1) is 0 Å². The third-order valence-corrected chi connectivity index (χ3v) is 7.86. The molecule has 3 aliphatic rings. The molecule has 2 aliphatic carbocycles. The molecule has 0 radical (unpaired) electrons. The fraction of sp³-hybridized carbons (Fsp3) is 0.680. The normalized spacial score (nSPS) is 28.6. The summed E-state index contributed by atoms with van der Waals surface area (Å²) in [6, 6.07) is 2.95. The first-order valence-corrected chi connectivity index (χ1v) is 12.5. The minimum absolute atomic E-state index is 0.0233. The van der Waals surface area contributed by atoms with Crippen LogP contribution in [-0.2, 0) is 4.79 Å². The minimum atomic E-state index is -0.758. The number of rotatable bonds is 7. The van der Waals surface area contributed by atoms with Crippen LogP contribution in [-0.4, -0.2) is 46.3 Å². The van der Waals surface area contributed by atoms with Crippen molar-refractivity contribution >= 4 is 17.8 Å². The summed E-state index contributed by atoms with van der Waals surface area (Å²) in [6.45, 7) is 0. The topological polar surface area (TPSA) is 121 Å². The number of guanidine groups is 1. The zero-order chi connectivity index (χ0) is 23.4. The number of amides is 2. The summed E-state index contributed by atoms with van der Waals surface area (Å²) in [5.74, 6) is 1.15. The Morgan fingerprint density at radius 1 is 1.15 bits per heavy atom. The highest BCUT2D eigenvalue weighted by Crippen LogP contribution is 2.40. The number of hydrogen-bond donors (Lipinski definition) is 3. The Bertz CT molecular complexity index is 931. The maximum atomic E-state index is 13.3. The Kier molecular flexibility index (Phi) is 7.20. The second kappa shape index (κ2) is 10.1. The molecule has 2 heterocycles. The van der Waals surface area contributed by atoms with Crippen LogP contribution < -0.4 is 16.6 Å². The first kappa shape index (κ1) is 23.5. The van der Waals surface area contributed by atoms with E-state index in [1.807, 2.05) is 0 Å². The van der Waals surface area contributed by atoms with E-state index in [1.165, 1.54) is 49.3 Å². The summed E-state index contributed by atoms with van der Waals surface area (Å²) in [5, 5.41) is 3.12. The number of nitrogens with zero attached hydrogens (tertiary/aromatic N) is 2. The molecule has 8 heteroatoms. The average molecular weight is 456 g/mol. The van der Waals surface area contributed by atoms with Gasteiger partial charge in [0.05, 0.1) is 5.56 Å². The van der Waals surface area contributed by atoms with Gasteiger partial charge in [-0.05, 0) is 50.0 Å². The third kappa shape index (κ3) is 5.47. The van der Waals surface area contributed by atoms with Gasteiger partial charge in [0.25, 0.3) is 11.8 Å². The SMILES string of the molecule is CN1C(=O)[C@@](CCC2CCCCC2)(C[C@H]2CCC[C@@H](NC(=O)c3ccc(=O)[nH]c3)C2)N=C1N. The smallest absolute Gasteiger partial charge is 0.257 e. The van der Waals surface area contributed by atoms with Crippen LogP contribution in [0.25, 0.3) is 0 Å². The fourth-order valence-electron chi connectivity index (χ4n) is 5.98. The van der Waals surface area contributed by atoms with Gasteiger partial charge in [0.1, 0.15) is 5.54 Å². The second-order valence-corrected chi connectivity index (χ2v) is 10.3. The average Bonchev–Trinajstić information content (AvgIpc) is 3.02. The molecule has 8 nitrogen and oxygen atoms in total. The fourth-order valence-corrected chi connectivity index (χ4v) is 5.98. The van der Waals surface area contributed by atoms with E-state index in [-0.39, 0.29) is 23.4 Å². The zero-order valence-corrected chi connectivity index (χ0v) is 19.6. The molecular formula is C25H37N5O3. The van der Waals surface area contributed by atoms with E-state index in [0.717, 1.165) is 38.5 Å². The zero-order valence-electron chi connectivity index (χ0n) is 19.6. The van der Waals surface area contributed by atoms with Gasteiger partial charge < -0.3 is 16.0 Å². The molecule has 0 spiro atoms. The summed E-state index contributed by atoms with van der Waals surface area (Å²) < 4.78 is 0. The van der Waals surface area contributed by atoms with E-state index in [2.05, 4.69) is 10.3 Å². The number of H-pyrrole nitrogens is 1. The van der Waals surface area contributed by atoms with Gasteiger partial charge in [0.2, 0.25) is 5.56 Å². The van der Waals surface area contributed by atoms with Gasteiger partial charge >= 0.3 is 0 Å². The van der Waals surface area contributed by atoms with Crippen molar-refractivity contribution in [1.82, 2.24) is 15.2 Å². The lowest BCUT2D eigenvalue weighted by Crippen LogP contribution is -2.45. The molecule has 180 valence electrons. The number of nitrogens with two attached hydrogens (primary N) is 1. The summed E-state index contributed by atoms with van der Waals surface area (Å²) in [6.07, 6.45) is 14.1.